The van der Waals surface area contributed by atoms with Crippen LogP contribution >= 0.6 is 0 Å². The van der Waals surface area contributed by atoms with E-state index in [1.165, 1.54) is 6.92 Å². The summed E-state index contributed by atoms with van der Waals surface area (Å²) in [5, 5.41) is 18.4. The molecule has 0 aliphatic heterocycles. The van der Waals surface area contributed by atoms with Gasteiger partial charge in [-0.15, -0.1) is 0 Å². The van der Waals surface area contributed by atoms with Crippen LogP contribution < -0.4 is 0 Å². The highest BCUT2D eigenvalue weighted by Crippen LogP contribution is 2.12. The minimum atomic E-state index is -1.16. The third-order valence-corrected chi connectivity index (χ3v) is 2.84. The van der Waals surface area contributed by atoms with Crippen molar-refractivity contribution in [3.05, 3.63) is 12.2 Å². The van der Waals surface area contributed by atoms with Crippen molar-refractivity contribution >= 4 is 17.9 Å². The standard InChI is InChI=1S/C15H24O7/c1-4-5-6-12(22-15(20)10(2)3)11(16)9-21-14(19)8-7-13(17)18/h11-12,16H,2,4-9H2,1,3H3,(H,17,18). The molecule has 0 aliphatic rings. The fraction of sp³-hybridized carbons (Fsp3) is 0.667. The average Bonchev–Trinajstić information content (AvgIpc) is 2.46. The Morgan fingerprint density at radius 2 is 1.86 bits per heavy atom. The number of aliphatic hydroxyl groups excluding tert-OH is 1. The summed E-state index contributed by atoms with van der Waals surface area (Å²) < 4.78 is 9.92. The number of carboxylic acid groups (broad SMARTS) is 1. The predicted molar refractivity (Wildman–Crippen MR) is 78.1 cm³/mol. The molecule has 0 aromatic heterocycles. The van der Waals surface area contributed by atoms with Crippen LogP contribution in [-0.4, -0.2) is 46.9 Å². The van der Waals surface area contributed by atoms with E-state index in [-0.39, 0.29) is 25.0 Å². The molecule has 0 saturated heterocycles. The molecule has 22 heavy (non-hydrogen) atoms. The second-order valence-corrected chi connectivity index (χ2v) is 5.01. The third kappa shape index (κ3) is 9.12. The molecule has 7 heteroatoms. The van der Waals surface area contributed by atoms with Gasteiger partial charge in [0, 0.05) is 5.57 Å². The zero-order valence-corrected chi connectivity index (χ0v) is 13.0. The highest BCUT2D eigenvalue weighted by molar-refractivity contribution is 5.87. The first-order valence-electron chi connectivity index (χ1n) is 7.19. The number of unbranched alkanes of at least 4 members (excludes halogenated alkanes) is 1. The molecule has 0 fully saturated rings. The number of ether oxygens (including phenoxy) is 2. The number of hydrogen-bond acceptors (Lipinski definition) is 6. The Bertz CT molecular complexity index is 403. The Hall–Kier alpha value is -1.89. The van der Waals surface area contributed by atoms with Gasteiger partial charge in [-0.2, -0.15) is 0 Å². The summed E-state index contributed by atoms with van der Waals surface area (Å²) in [6, 6.07) is 0. The fourth-order valence-corrected chi connectivity index (χ4v) is 1.54. The van der Waals surface area contributed by atoms with Gasteiger partial charge in [0.15, 0.2) is 0 Å². The van der Waals surface area contributed by atoms with Crippen molar-refractivity contribution in [3.63, 3.8) is 0 Å². The molecule has 0 aliphatic carbocycles. The van der Waals surface area contributed by atoms with E-state index in [4.69, 9.17) is 14.6 Å². The number of aliphatic hydroxyl groups is 1. The van der Waals surface area contributed by atoms with Crippen molar-refractivity contribution in [3.8, 4) is 0 Å². The van der Waals surface area contributed by atoms with Crippen LogP contribution in [0.2, 0.25) is 0 Å². The second kappa shape index (κ2) is 10.8. The molecule has 0 aromatic rings. The van der Waals surface area contributed by atoms with Crippen molar-refractivity contribution in [2.45, 2.75) is 58.2 Å². The molecule has 0 heterocycles. The molecule has 0 spiro atoms. The number of rotatable bonds is 11. The van der Waals surface area contributed by atoms with Crippen molar-refractivity contribution < 1.29 is 34.1 Å². The Balaban J connectivity index is 4.39. The molecule has 7 nitrogen and oxygen atoms in total. The number of carbonyl (C=O) groups is 3. The fourth-order valence-electron chi connectivity index (χ4n) is 1.54. The Morgan fingerprint density at radius 3 is 2.36 bits per heavy atom. The molecule has 0 rings (SSSR count). The van der Waals surface area contributed by atoms with E-state index in [2.05, 4.69) is 6.58 Å². The molecule has 0 saturated carbocycles. The molecular weight excluding hydrogens is 292 g/mol. The van der Waals surface area contributed by atoms with Crippen LogP contribution in [0.5, 0.6) is 0 Å². The lowest BCUT2D eigenvalue weighted by molar-refractivity contribution is -0.159. The van der Waals surface area contributed by atoms with Crippen LogP contribution in [0.3, 0.4) is 0 Å². The highest BCUT2D eigenvalue weighted by Gasteiger charge is 2.24. The number of aliphatic carboxylic acids is 1. The van der Waals surface area contributed by atoms with Gasteiger partial charge in [0.2, 0.25) is 0 Å². The second-order valence-electron chi connectivity index (χ2n) is 5.01. The first-order chi connectivity index (χ1) is 10.3. The van der Waals surface area contributed by atoms with Crippen LogP contribution in [-0.2, 0) is 23.9 Å². The summed E-state index contributed by atoms with van der Waals surface area (Å²) in [4.78, 5) is 33.2. The molecular formula is C15H24O7. The lowest BCUT2D eigenvalue weighted by Gasteiger charge is -2.23. The largest absolute Gasteiger partial charge is 0.481 e. The summed E-state index contributed by atoms with van der Waals surface area (Å²) in [5.74, 6) is -2.44. The maximum atomic E-state index is 11.5. The maximum Gasteiger partial charge on any atom is 0.333 e. The molecule has 0 bridgehead atoms. The van der Waals surface area contributed by atoms with Crippen molar-refractivity contribution in [1.29, 1.82) is 0 Å². The number of carbonyl (C=O) groups excluding carboxylic acids is 2. The van der Waals surface area contributed by atoms with Crippen LogP contribution in [0.4, 0.5) is 0 Å². The number of carboxylic acids is 1. The minimum absolute atomic E-state index is 0.215. The summed E-state index contributed by atoms with van der Waals surface area (Å²) in [6.07, 6.45) is -0.542. The Morgan fingerprint density at radius 1 is 1.23 bits per heavy atom. The molecule has 0 aromatic carbocycles. The van der Waals surface area contributed by atoms with E-state index in [9.17, 15) is 19.5 Å². The van der Waals surface area contributed by atoms with Gasteiger partial charge in [-0.3, -0.25) is 9.59 Å². The van der Waals surface area contributed by atoms with Crippen molar-refractivity contribution in [2.24, 2.45) is 0 Å². The van der Waals surface area contributed by atoms with Crippen LogP contribution in [0.25, 0.3) is 0 Å². The SMILES string of the molecule is C=C(C)C(=O)OC(CCCC)C(O)COC(=O)CCC(=O)O. The van der Waals surface area contributed by atoms with E-state index >= 15 is 0 Å². The van der Waals surface area contributed by atoms with Crippen LogP contribution in [0, 0.1) is 0 Å². The topological polar surface area (TPSA) is 110 Å². The van der Waals surface area contributed by atoms with Gasteiger partial charge in [0.05, 0.1) is 12.8 Å². The van der Waals surface area contributed by atoms with E-state index in [0.29, 0.717) is 6.42 Å². The van der Waals surface area contributed by atoms with Crippen LogP contribution in [0.15, 0.2) is 12.2 Å². The molecule has 2 N–H and O–H groups in total. The van der Waals surface area contributed by atoms with Gasteiger partial charge in [0.25, 0.3) is 0 Å². The summed E-state index contributed by atoms with van der Waals surface area (Å²) in [6.45, 7) is 6.57. The van der Waals surface area contributed by atoms with Crippen LogP contribution in [0.1, 0.15) is 46.0 Å². The van der Waals surface area contributed by atoms with Gasteiger partial charge in [0.1, 0.15) is 18.8 Å². The Labute approximate surface area is 129 Å². The third-order valence-electron chi connectivity index (χ3n) is 2.84. The quantitative estimate of drug-likeness (QED) is 0.438. The van der Waals surface area contributed by atoms with E-state index in [1.54, 1.807) is 0 Å². The summed E-state index contributed by atoms with van der Waals surface area (Å²) >= 11 is 0. The zero-order valence-electron chi connectivity index (χ0n) is 13.0. The average molecular weight is 316 g/mol. The molecule has 126 valence electrons. The maximum absolute atomic E-state index is 11.5. The zero-order chi connectivity index (χ0) is 17.1. The molecule has 0 amide bonds. The monoisotopic (exact) mass is 316 g/mol. The van der Waals surface area contributed by atoms with Gasteiger partial charge < -0.3 is 19.7 Å². The molecule has 0 radical (unpaired) electrons. The summed E-state index contributed by atoms with van der Waals surface area (Å²) in [5.41, 5.74) is 0.215. The minimum Gasteiger partial charge on any atom is -0.481 e. The lowest BCUT2D eigenvalue weighted by Crippen LogP contribution is -2.35. The van der Waals surface area contributed by atoms with Crippen molar-refractivity contribution in [2.75, 3.05) is 6.61 Å². The first-order valence-corrected chi connectivity index (χ1v) is 7.19. The Kier molecular flexibility index (Phi) is 9.86. The first kappa shape index (κ1) is 20.1. The lowest BCUT2D eigenvalue weighted by atomic mass is 10.1. The number of hydrogen-bond donors (Lipinski definition) is 2. The van der Waals surface area contributed by atoms with E-state index in [0.717, 1.165) is 12.8 Å². The normalized spacial score (nSPS) is 13.0. The van der Waals surface area contributed by atoms with Gasteiger partial charge in [-0.05, 0) is 19.8 Å². The smallest absolute Gasteiger partial charge is 0.333 e. The highest BCUT2D eigenvalue weighted by atomic mass is 16.6. The molecule has 2 atom stereocenters. The van der Waals surface area contributed by atoms with Gasteiger partial charge in [-0.25, -0.2) is 4.79 Å². The molecule has 2 unspecified atom stereocenters. The van der Waals surface area contributed by atoms with Crippen molar-refractivity contribution in [1.82, 2.24) is 0 Å². The van der Waals surface area contributed by atoms with Gasteiger partial charge >= 0.3 is 17.9 Å². The summed E-state index contributed by atoms with van der Waals surface area (Å²) in [7, 11) is 0. The van der Waals surface area contributed by atoms with E-state index in [1.807, 2.05) is 6.92 Å². The van der Waals surface area contributed by atoms with Gasteiger partial charge in [-0.1, -0.05) is 19.9 Å². The van der Waals surface area contributed by atoms with E-state index < -0.39 is 30.1 Å². The number of esters is 2. The predicted octanol–water partition coefficient (Wildman–Crippen LogP) is 1.43.